The maximum Gasteiger partial charge on any atom is 0.160 e. The van der Waals surface area contributed by atoms with E-state index in [9.17, 15) is 0 Å². The van der Waals surface area contributed by atoms with Crippen LogP contribution in [0.15, 0.2) is 103 Å². The van der Waals surface area contributed by atoms with Crippen molar-refractivity contribution in [3.8, 4) is 56.2 Å². The van der Waals surface area contributed by atoms with Gasteiger partial charge in [-0.1, -0.05) is 102 Å². The van der Waals surface area contributed by atoms with E-state index in [1.54, 1.807) is 0 Å². The minimum absolute atomic E-state index is 0.736. The van der Waals surface area contributed by atoms with Gasteiger partial charge in [-0.3, -0.25) is 0 Å². The van der Waals surface area contributed by atoms with Crippen LogP contribution in [-0.4, -0.2) is 9.97 Å². The van der Waals surface area contributed by atoms with Gasteiger partial charge in [-0.05, 0) is 111 Å². The standard InChI is InChI=1S/C41H38N2/c1-25-8-12-32(13-9-25)41-42-39(33-14-18-37(30(6)22-33)35-16-10-26(2)20-28(35)4)24-40(43-41)34-15-19-38(31(7)23-34)36-17-11-27(3)21-29(36)5/h8-24H,1-7H3. The van der Waals surface area contributed by atoms with Crippen molar-refractivity contribution < 1.29 is 0 Å². The van der Waals surface area contributed by atoms with Crippen LogP contribution in [0.4, 0.5) is 0 Å². The maximum absolute atomic E-state index is 5.10. The van der Waals surface area contributed by atoms with Crippen LogP contribution in [0.3, 0.4) is 0 Å². The Morgan fingerprint density at radius 2 is 0.674 bits per heavy atom. The molecule has 0 saturated carbocycles. The maximum atomic E-state index is 5.10. The molecule has 0 aliphatic rings. The Labute approximate surface area is 256 Å². The second-order valence-electron chi connectivity index (χ2n) is 12.0. The average Bonchev–Trinajstić information content (AvgIpc) is 2.98. The van der Waals surface area contributed by atoms with Gasteiger partial charge < -0.3 is 0 Å². The van der Waals surface area contributed by atoms with Crippen LogP contribution in [0, 0.1) is 48.5 Å². The largest absolute Gasteiger partial charge is 0.228 e. The first-order valence-corrected chi connectivity index (χ1v) is 15.0. The molecule has 0 aliphatic carbocycles. The Kier molecular flexibility index (Phi) is 7.54. The number of aryl methyl sites for hydroxylation is 7. The summed E-state index contributed by atoms with van der Waals surface area (Å²) >= 11 is 0. The SMILES string of the molecule is Cc1ccc(-c2nc(-c3ccc(-c4ccc(C)cc4C)c(C)c3)cc(-c3ccc(-c4ccc(C)cc4C)c(C)c3)n2)cc1. The first-order valence-electron chi connectivity index (χ1n) is 15.0. The van der Waals surface area contributed by atoms with Crippen LogP contribution in [0.1, 0.15) is 38.9 Å². The van der Waals surface area contributed by atoms with E-state index in [0.29, 0.717) is 0 Å². The molecule has 0 N–H and O–H groups in total. The Morgan fingerprint density at radius 1 is 0.326 bits per heavy atom. The normalized spacial score (nSPS) is 11.1. The van der Waals surface area contributed by atoms with Crippen molar-refractivity contribution in [2.24, 2.45) is 0 Å². The molecule has 0 saturated heterocycles. The second-order valence-corrected chi connectivity index (χ2v) is 12.0. The molecule has 2 nitrogen and oxygen atoms in total. The third-order valence-corrected chi connectivity index (χ3v) is 8.42. The number of hydrogen-bond acceptors (Lipinski definition) is 2. The molecule has 0 spiro atoms. The summed E-state index contributed by atoms with van der Waals surface area (Å²) in [6.07, 6.45) is 0. The molecule has 0 fully saturated rings. The number of aromatic nitrogens is 2. The van der Waals surface area contributed by atoms with Gasteiger partial charge in [0, 0.05) is 16.7 Å². The number of rotatable bonds is 5. The molecule has 212 valence electrons. The van der Waals surface area contributed by atoms with Gasteiger partial charge in [0.25, 0.3) is 0 Å². The molecule has 1 aromatic heterocycles. The predicted molar refractivity (Wildman–Crippen MR) is 182 cm³/mol. The second kappa shape index (κ2) is 11.5. The smallest absolute Gasteiger partial charge is 0.160 e. The van der Waals surface area contributed by atoms with Crippen LogP contribution in [0.25, 0.3) is 56.2 Å². The third kappa shape index (κ3) is 5.79. The molecular formula is C41H38N2. The van der Waals surface area contributed by atoms with Crippen molar-refractivity contribution in [3.05, 3.63) is 142 Å². The zero-order chi connectivity index (χ0) is 30.2. The Bertz CT molecular complexity index is 1860. The van der Waals surface area contributed by atoms with Crippen molar-refractivity contribution in [2.75, 3.05) is 0 Å². The summed E-state index contributed by atoms with van der Waals surface area (Å²) in [5, 5.41) is 0. The summed E-state index contributed by atoms with van der Waals surface area (Å²) < 4.78 is 0. The lowest BCUT2D eigenvalue weighted by Crippen LogP contribution is -1.97. The quantitative estimate of drug-likeness (QED) is 0.210. The van der Waals surface area contributed by atoms with Gasteiger partial charge in [-0.25, -0.2) is 9.97 Å². The van der Waals surface area contributed by atoms with E-state index in [1.165, 1.54) is 61.2 Å². The molecule has 43 heavy (non-hydrogen) atoms. The molecule has 6 aromatic rings. The lowest BCUT2D eigenvalue weighted by molar-refractivity contribution is 1.18. The lowest BCUT2D eigenvalue weighted by atomic mass is 9.92. The fraction of sp³-hybridized carbons (Fsp3) is 0.171. The molecule has 5 aromatic carbocycles. The summed E-state index contributed by atoms with van der Waals surface area (Å²) in [7, 11) is 0. The van der Waals surface area contributed by atoms with E-state index >= 15 is 0 Å². The van der Waals surface area contributed by atoms with Crippen LogP contribution in [0.5, 0.6) is 0 Å². The summed E-state index contributed by atoms with van der Waals surface area (Å²) in [6, 6.07) is 37.3. The van der Waals surface area contributed by atoms with Gasteiger partial charge in [0.1, 0.15) is 0 Å². The van der Waals surface area contributed by atoms with Gasteiger partial charge in [0.2, 0.25) is 0 Å². The van der Waals surface area contributed by atoms with Crippen LogP contribution in [0.2, 0.25) is 0 Å². The first kappa shape index (κ1) is 28.3. The van der Waals surface area contributed by atoms with Gasteiger partial charge >= 0.3 is 0 Å². The summed E-state index contributed by atoms with van der Waals surface area (Å²) in [5.41, 5.74) is 18.9. The molecule has 0 atom stereocenters. The highest BCUT2D eigenvalue weighted by Crippen LogP contribution is 2.35. The Morgan fingerprint density at radius 3 is 1.07 bits per heavy atom. The van der Waals surface area contributed by atoms with Crippen LogP contribution < -0.4 is 0 Å². The monoisotopic (exact) mass is 558 g/mol. The van der Waals surface area contributed by atoms with Gasteiger partial charge in [0.15, 0.2) is 5.82 Å². The molecule has 6 rings (SSSR count). The number of hydrogen-bond donors (Lipinski definition) is 0. The lowest BCUT2D eigenvalue weighted by Gasteiger charge is -2.15. The fourth-order valence-corrected chi connectivity index (χ4v) is 6.06. The van der Waals surface area contributed by atoms with Gasteiger partial charge in [-0.2, -0.15) is 0 Å². The molecule has 0 amide bonds. The molecule has 0 aliphatic heterocycles. The van der Waals surface area contributed by atoms with Crippen LogP contribution in [-0.2, 0) is 0 Å². The molecule has 2 heteroatoms. The van der Waals surface area contributed by atoms with E-state index in [1.807, 2.05) is 0 Å². The van der Waals surface area contributed by atoms with Gasteiger partial charge in [0.05, 0.1) is 11.4 Å². The highest BCUT2D eigenvalue weighted by atomic mass is 14.9. The van der Waals surface area contributed by atoms with Crippen LogP contribution >= 0.6 is 0 Å². The first-order chi connectivity index (χ1) is 20.7. The molecular weight excluding hydrogens is 520 g/mol. The Hall–Kier alpha value is -4.82. The van der Waals surface area contributed by atoms with E-state index < -0.39 is 0 Å². The minimum Gasteiger partial charge on any atom is -0.228 e. The van der Waals surface area contributed by atoms with E-state index in [4.69, 9.17) is 9.97 Å². The highest BCUT2D eigenvalue weighted by molar-refractivity contribution is 5.79. The summed E-state index contributed by atoms with van der Waals surface area (Å²) in [6.45, 7) is 15.1. The number of benzene rings is 5. The fourth-order valence-electron chi connectivity index (χ4n) is 6.06. The molecule has 1 heterocycles. The zero-order valence-electron chi connectivity index (χ0n) is 26.2. The average molecular weight is 559 g/mol. The topological polar surface area (TPSA) is 25.8 Å². The van der Waals surface area contributed by atoms with Crippen molar-refractivity contribution >= 4 is 0 Å². The Balaban J connectivity index is 1.46. The predicted octanol–water partition coefficient (Wildman–Crippen LogP) is 11.0. The van der Waals surface area contributed by atoms with Crippen molar-refractivity contribution in [3.63, 3.8) is 0 Å². The van der Waals surface area contributed by atoms with E-state index in [2.05, 4.69) is 152 Å². The van der Waals surface area contributed by atoms with Crippen molar-refractivity contribution in [2.45, 2.75) is 48.5 Å². The molecule has 0 unspecified atom stereocenters. The van der Waals surface area contributed by atoms with Crippen molar-refractivity contribution in [1.82, 2.24) is 9.97 Å². The summed E-state index contributed by atoms with van der Waals surface area (Å²) in [4.78, 5) is 10.2. The summed E-state index contributed by atoms with van der Waals surface area (Å²) in [5.74, 6) is 0.736. The highest BCUT2D eigenvalue weighted by Gasteiger charge is 2.14. The van der Waals surface area contributed by atoms with E-state index in [0.717, 1.165) is 33.9 Å². The van der Waals surface area contributed by atoms with Crippen molar-refractivity contribution in [1.29, 1.82) is 0 Å². The minimum atomic E-state index is 0.736. The van der Waals surface area contributed by atoms with E-state index in [-0.39, 0.29) is 0 Å². The number of nitrogens with zero attached hydrogens (tertiary/aromatic N) is 2. The zero-order valence-corrected chi connectivity index (χ0v) is 26.2. The third-order valence-electron chi connectivity index (χ3n) is 8.42. The van der Waals surface area contributed by atoms with Gasteiger partial charge in [-0.15, -0.1) is 0 Å². The molecule has 0 bridgehead atoms. The molecule has 0 radical (unpaired) electrons.